The lowest BCUT2D eigenvalue weighted by Gasteiger charge is -2.19. The van der Waals surface area contributed by atoms with Crippen molar-refractivity contribution in [2.45, 2.75) is 31.8 Å². The van der Waals surface area contributed by atoms with E-state index in [0.717, 1.165) is 23.2 Å². The molecule has 0 aliphatic heterocycles. The maximum absolute atomic E-state index is 12.7. The van der Waals surface area contributed by atoms with Crippen LogP contribution in [0.1, 0.15) is 30.0 Å². The van der Waals surface area contributed by atoms with Crippen molar-refractivity contribution in [3.63, 3.8) is 0 Å². The minimum atomic E-state index is -0.0993. The predicted octanol–water partition coefficient (Wildman–Crippen LogP) is 4.34. The second-order valence-corrected chi connectivity index (χ2v) is 8.08. The van der Waals surface area contributed by atoms with E-state index < -0.39 is 0 Å². The lowest BCUT2D eigenvalue weighted by Crippen LogP contribution is -2.31. The van der Waals surface area contributed by atoms with E-state index in [2.05, 4.69) is 22.4 Å². The first-order valence-corrected chi connectivity index (χ1v) is 10.9. The molecular weight excluding hydrogens is 394 g/mol. The van der Waals surface area contributed by atoms with Crippen molar-refractivity contribution in [3.05, 3.63) is 99.9 Å². The van der Waals surface area contributed by atoms with Crippen molar-refractivity contribution in [2.75, 3.05) is 0 Å². The van der Waals surface area contributed by atoms with Crippen molar-refractivity contribution in [1.82, 2.24) is 14.9 Å². The summed E-state index contributed by atoms with van der Waals surface area (Å²) in [4.78, 5) is 30.2. The van der Waals surface area contributed by atoms with Crippen molar-refractivity contribution in [2.24, 2.45) is 0 Å². The van der Waals surface area contributed by atoms with Crippen molar-refractivity contribution >= 4 is 27.5 Å². The monoisotopic (exact) mass is 417 g/mol. The number of nitrogens with zero attached hydrogens (tertiary/aromatic N) is 2. The molecule has 4 rings (SSSR count). The minimum absolute atomic E-state index is 0.0748. The Bertz CT molecular complexity index is 1170. The molecule has 1 unspecified atom stereocenters. The highest BCUT2D eigenvalue weighted by molar-refractivity contribution is 7.16. The largest absolute Gasteiger partial charge is 0.349 e. The first-order valence-electron chi connectivity index (χ1n) is 10.0. The maximum Gasteiger partial charge on any atom is 0.262 e. The van der Waals surface area contributed by atoms with Gasteiger partial charge >= 0.3 is 0 Å². The van der Waals surface area contributed by atoms with Crippen molar-refractivity contribution in [3.8, 4) is 0 Å². The van der Waals surface area contributed by atoms with E-state index in [-0.39, 0.29) is 23.9 Å². The summed E-state index contributed by atoms with van der Waals surface area (Å²) in [6, 6.07) is 22.0. The van der Waals surface area contributed by atoms with E-state index in [4.69, 9.17) is 0 Å². The van der Waals surface area contributed by atoms with E-state index in [1.807, 2.05) is 53.9 Å². The summed E-state index contributed by atoms with van der Waals surface area (Å²) in [6.07, 6.45) is 3.44. The van der Waals surface area contributed by atoms with Crippen LogP contribution >= 0.6 is 11.3 Å². The van der Waals surface area contributed by atoms with Crippen LogP contribution < -0.4 is 10.9 Å². The van der Waals surface area contributed by atoms with Gasteiger partial charge in [0.25, 0.3) is 5.56 Å². The van der Waals surface area contributed by atoms with Crippen LogP contribution in [0.3, 0.4) is 0 Å². The fourth-order valence-electron chi connectivity index (χ4n) is 3.50. The van der Waals surface area contributed by atoms with E-state index in [1.165, 1.54) is 27.8 Å². The minimum Gasteiger partial charge on any atom is -0.349 e. The summed E-state index contributed by atoms with van der Waals surface area (Å²) in [5.74, 6) is -0.0748. The molecule has 2 heterocycles. The summed E-state index contributed by atoms with van der Waals surface area (Å²) >= 11 is 1.44. The number of aryl methyl sites for hydroxylation is 2. The second-order valence-electron chi connectivity index (χ2n) is 7.19. The van der Waals surface area contributed by atoms with Crippen LogP contribution in [0.4, 0.5) is 0 Å². The third-order valence-corrected chi connectivity index (χ3v) is 5.95. The van der Waals surface area contributed by atoms with E-state index in [0.29, 0.717) is 11.9 Å². The molecule has 2 aromatic heterocycles. The normalized spacial score (nSPS) is 12.0. The Morgan fingerprint density at radius 2 is 1.77 bits per heavy atom. The third-order valence-electron chi connectivity index (χ3n) is 5.13. The number of amides is 1. The molecule has 0 bridgehead atoms. The van der Waals surface area contributed by atoms with Gasteiger partial charge in [-0.15, -0.1) is 11.3 Å². The molecule has 0 fully saturated rings. The zero-order valence-corrected chi connectivity index (χ0v) is 17.3. The smallest absolute Gasteiger partial charge is 0.262 e. The van der Waals surface area contributed by atoms with E-state index in [9.17, 15) is 9.59 Å². The number of hydrogen-bond donors (Lipinski definition) is 1. The Balaban J connectivity index is 1.41. The third kappa shape index (κ3) is 4.83. The van der Waals surface area contributed by atoms with Gasteiger partial charge in [-0.3, -0.25) is 14.2 Å². The fourth-order valence-corrected chi connectivity index (χ4v) is 4.23. The predicted molar refractivity (Wildman–Crippen MR) is 121 cm³/mol. The molecule has 1 amide bonds. The number of carbonyl (C=O) groups excluding carboxylic acids is 1. The van der Waals surface area contributed by atoms with Gasteiger partial charge < -0.3 is 5.32 Å². The highest BCUT2D eigenvalue weighted by atomic mass is 32.1. The molecule has 1 atom stereocenters. The first kappa shape index (κ1) is 20.0. The summed E-state index contributed by atoms with van der Waals surface area (Å²) in [7, 11) is 0. The Kier molecular flexibility index (Phi) is 6.35. The molecule has 5 nitrogen and oxygen atoms in total. The second kappa shape index (κ2) is 9.50. The van der Waals surface area contributed by atoms with Gasteiger partial charge in [-0.2, -0.15) is 0 Å². The Labute approximate surface area is 179 Å². The standard InChI is InChI=1S/C24H23N3O2S/c28-22(13-15-27-17-25-23-20(24(27)29)14-16-30-23)26-21(19-9-5-2-6-10-19)12-11-18-7-3-1-4-8-18/h1-10,14,16-17,21H,11-13,15H2,(H,26,28). The Hall–Kier alpha value is -3.25. The van der Waals surface area contributed by atoms with Crippen LogP contribution in [0.15, 0.2) is 83.2 Å². The molecule has 1 N–H and O–H groups in total. The summed E-state index contributed by atoms with van der Waals surface area (Å²) < 4.78 is 1.51. The van der Waals surface area contributed by atoms with Gasteiger partial charge in [0.2, 0.25) is 5.91 Å². The number of fused-ring (bicyclic) bond motifs is 1. The van der Waals surface area contributed by atoms with Crippen LogP contribution in [0.25, 0.3) is 10.2 Å². The van der Waals surface area contributed by atoms with Crippen LogP contribution in [0.5, 0.6) is 0 Å². The fraction of sp³-hybridized carbons (Fsp3) is 0.208. The number of carbonyl (C=O) groups is 1. The number of nitrogens with one attached hydrogen (secondary N) is 1. The van der Waals surface area contributed by atoms with Gasteiger partial charge in [-0.1, -0.05) is 60.7 Å². The number of rotatable bonds is 8. The molecule has 0 saturated carbocycles. The number of thiophene rings is 1. The first-order chi connectivity index (χ1) is 14.7. The van der Waals surface area contributed by atoms with Gasteiger partial charge in [0.05, 0.1) is 17.8 Å². The molecule has 0 radical (unpaired) electrons. The molecule has 152 valence electrons. The van der Waals surface area contributed by atoms with Crippen LogP contribution in [-0.2, 0) is 17.8 Å². The highest BCUT2D eigenvalue weighted by Gasteiger charge is 2.15. The number of benzene rings is 2. The molecule has 0 aliphatic carbocycles. The van der Waals surface area contributed by atoms with Crippen molar-refractivity contribution in [1.29, 1.82) is 0 Å². The summed E-state index contributed by atoms with van der Waals surface area (Å²) in [5.41, 5.74) is 2.23. The summed E-state index contributed by atoms with van der Waals surface area (Å²) in [5, 5.41) is 5.61. The van der Waals surface area contributed by atoms with Gasteiger partial charge in [0, 0.05) is 13.0 Å². The SMILES string of the molecule is O=C(CCn1cnc2sccc2c1=O)NC(CCc1ccccc1)c1ccccc1. The lowest BCUT2D eigenvalue weighted by molar-refractivity contribution is -0.122. The van der Waals surface area contributed by atoms with E-state index >= 15 is 0 Å². The van der Waals surface area contributed by atoms with Crippen LogP contribution in [0.2, 0.25) is 0 Å². The quantitative estimate of drug-likeness (QED) is 0.464. The maximum atomic E-state index is 12.7. The van der Waals surface area contributed by atoms with Crippen LogP contribution in [-0.4, -0.2) is 15.5 Å². The van der Waals surface area contributed by atoms with Gasteiger partial charge in [-0.25, -0.2) is 4.98 Å². The average Bonchev–Trinajstić information content (AvgIpc) is 3.27. The topological polar surface area (TPSA) is 64.0 Å². The zero-order valence-electron chi connectivity index (χ0n) is 16.5. The average molecular weight is 418 g/mol. The van der Waals surface area contributed by atoms with E-state index in [1.54, 1.807) is 6.07 Å². The molecule has 4 aromatic rings. The molecular formula is C24H23N3O2S. The number of hydrogen-bond acceptors (Lipinski definition) is 4. The Morgan fingerprint density at radius 3 is 2.53 bits per heavy atom. The molecule has 30 heavy (non-hydrogen) atoms. The van der Waals surface area contributed by atoms with Gasteiger partial charge in [-0.05, 0) is 35.4 Å². The van der Waals surface area contributed by atoms with Crippen LogP contribution in [0, 0.1) is 0 Å². The zero-order chi connectivity index (χ0) is 20.8. The Morgan fingerprint density at radius 1 is 1.03 bits per heavy atom. The molecule has 0 spiro atoms. The van der Waals surface area contributed by atoms with Gasteiger partial charge in [0.1, 0.15) is 4.83 Å². The van der Waals surface area contributed by atoms with Crippen molar-refractivity contribution < 1.29 is 4.79 Å². The van der Waals surface area contributed by atoms with Gasteiger partial charge in [0.15, 0.2) is 0 Å². The molecule has 0 saturated heterocycles. The highest BCUT2D eigenvalue weighted by Crippen LogP contribution is 2.19. The molecule has 6 heteroatoms. The number of aromatic nitrogens is 2. The molecule has 2 aromatic carbocycles. The lowest BCUT2D eigenvalue weighted by atomic mass is 9.99. The summed E-state index contributed by atoms with van der Waals surface area (Å²) in [6.45, 7) is 0.309. The molecule has 0 aliphatic rings.